The van der Waals surface area contributed by atoms with E-state index in [1.807, 2.05) is 19.0 Å². The van der Waals surface area contributed by atoms with Crippen LogP contribution in [0.15, 0.2) is 53.4 Å². The van der Waals surface area contributed by atoms with Crippen molar-refractivity contribution in [1.82, 2.24) is 14.9 Å². The van der Waals surface area contributed by atoms with Crippen LogP contribution in [-0.4, -0.2) is 45.9 Å². The molecule has 2 aromatic carbocycles. The third-order valence-corrected chi connectivity index (χ3v) is 6.52. The van der Waals surface area contributed by atoms with Crippen molar-refractivity contribution in [3.63, 3.8) is 0 Å². The van der Waals surface area contributed by atoms with Crippen molar-refractivity contribution < 1.29 is 13.2 Å². The van der Waals surface area contributed by atoms with Crippen LogP contribution in [0.1, 0.15) is 31.0 Å². The molecule has 0 aliphatic rings. The largest absolute Gasteiger partial charge is 0.353 e. The fourth-order valence-corrected chi connectivity index (χ4v) is 4.22. The molecule has 0 aromatic heterocycles. The standard InChI is InChI=1S/C21H28ClN3O3S/c1-5-16-6-8-17(9-7-16)20(25(3)4)14-23-21(26)15(2)24-29(27,28)19-12-10-18(22)11-13-19/h6-13,15,20,24H,5,14H2,1-4H3,(H,23,26)/t15-,20?/m0/s1. The van der Waals surface area contributed by atoms with Gasteiger partial charge in [0, 0.05) is 11.6 Å². The molecule has 29 heavy (non-hydrogen) atoms. The lowest BCUT2D eigenvalue weighted by atomic mass is 10.0. The summed E-state index contributed by atoms with van der Waals surface area (Å²) in [5.74, 6) is -0.389. The molecule has 0 saturated heterocycles. The number of hydrogen-bond donors (Lipinski definition) is 2. The average Bonchev–Trinajstić information content (AvgIpc) is 2.68. The Bertz CT molecular complexity index is 913. The number of carbonyl (C=O) groups excluding carboxylic acids is 1. The molecule has 0 aliphatic heterocycles. The molecule has 0 radical (unpaired) electrons. The highest BCUT2D eigenvalue weighted by Crippen LogP contribution is 2.18. The van der Waals surface area contributed by atoms with Gasteiger partial charge in [0.05, 0.1) is 17.0 Å². The number of nitrogens with zero attached hydrogens (tertiary/aromatic N) is 1. The molecule has 0 saturated carbocycles. The third kappa shape index (κ3) is 6.54. The Hall–Kier alpha value is -1.93. The Labute approximate surface area is 178 Å². The molecule has 158 valence electrons. The number of carbonyl (C=O) groups is 1. The van der Waals surface area contributed by atoms with Gasteiger partial charge in [-0.25, -0.2) is 8.42 Å². The van der Waals surface area contributed by atoms with Crippen LogP contribution < -0.4 is 10.0 Å². The van der Waals surface area contributed by atoms with E-state index in [0.29, 0.717) is 11.6 Å². The first-order valence-corrected chi connectivity index (χ1v) is 11.3. The van der Waals surface area contributed by atoms with Crippen LogP contribution >= 0.6 is 11.6 Å². The minimum atomic E-state index is -3.82. The highest BCUT2D eigenvalue weighted by molar-refractivity contribution is 7.89. The second-order valence-corrected chi connectivity index (χ2v) is 9.27. The maximum Gasteiger partial charge on any atom is 0.241 e. The molecule has 2 N–H and O–H groups in total. The predicted molar refractivity (Wildman–Crippen MR) is 116 cm³/mol. The van der Waals surface area contributed by atoms with Crippen LogP contribution in [0.25, 0.3) is 0 Å². The van der Waals surface area contributed by atoms with E-state index in [1.165, 1.54) is 36.8 Å². The van der Waals surface area contributed by atoms with Gasteiger partial charge >= 0.3 is 0 Å². The van der Waals surface area contributed by atoms with Gasteiger partial charge in [0.25, 0.3) is 0 Å². The Morgan fingerprint density at radius 2 is 1.66 bits per heavy atom. The second-order valence-electron chi connectivity index (χ2n) is 7.12. The van der Waals surface area contributed by atoms with Crippen LogP contribution in [-0.2, 0) is 21.2 Å². The highest BCUT2D eigenvalue weighted by atomic mass is 35.5. The zero-order chi connectivity index (χ0) is 21.6. The number of rotatable bonds is 9. The molecule has 0 spiro atoms. The lowest BCUT2D eigenvalue weighted by molar-refractivity contribution is -0.122. The van der Waals surface area contributed by atoms with Crippen molar-refractivity contribution in [1.29, 1.82) is 0 Å². The van der Waals surface area contributed by atoms with Crippen LogP contribution in [0.5, 0.6) is 0 Å². The number of halogens is 1. The SMILES string of the molecule is CCc1ccc(C(CNC(=O)[C@H](C)NS(=O)(=O)c2ccc(Cl)cc2)N(C)C)cc1. The molecular formula is C21H28ClN3O3S. The molecule has 0 bridgehead atoms. The third-order valence-electron chi connectivity index (χ3n) is 4.71. The molecule has 8 heteroatoms. The number of nitrogens with one attached hydrogen (secondary N) is 2. The Kier molecular flexibility index (Phi) is 8.22. The molecule has 2 aromatic rings. The van der Waals surface area contributed by atoms with Gasteiger partial charge in [-0.15, -0.1) is 0 Å². The molecule has 1 unspecified atom stereocenters. The van der Waals surface area contributed by atoms with E-state index in [4.69, 9.17) is 11.6 Å². The molecule has 6 nitrogen and oxygen atoms in total. The van der Waals surface area contributed by atoms with Gasteiger partial charge in [-0.3, -0.25) is 4.79 Å². The van der Waals surface area contributed by atoms with Crippen LogP contribution in [0.3, 0.4) is 0 Å². The summed E-state index contributed by atoms with van der Waals surface area (Å²) in [4.78, 5) is 14.6. The zero-order valence-corrected chi connectivity index (χ0v) is 18.7. The topological polar surface area (TPSA) is 78.5 Å². The quantitative estimate of drug-likeness (QED) is 0.632. The highest BCUT2D eigenvalue weighted by Gasteiger charge is 2.23. The zero-order valence-electron chi connectivity index (χ0n) is 17.1. The molecule has 2 atom stereocenters. The maximum atomic E-state index is 12.5. The molecule has 0 heterocycles. The number of benzene rings is 2. The van der Waals surface area contributed by atoms with Gasteiger partial charge in [0.2, 0.25) is 15.9 Å². The summed E-state index contributed by atoms with van der Waals surface area (Å²) >= 11 is 5.80. The fourth-order valence-electron chi connectivity index (χ4n) is 2.89. The monoisotopic (exact) mass is 437 g/mol. The summed E-state index contributed by atoms with van der Waals surface area (Å²) in [5.41, 5.74) is 2.34. The number of hydrogen-bond acceptors (Lipinski definition) is 4. The van der Waals surface area contributed by atoms with Gasteiger partial charge in [0.1, 0.15) is 0 Å². The first kappa shape index (κ1) is 23.3. The van der Waals surface area contributed by atoms with Gasteiger partial charge < -0.3 is 10.2 Å². The van der Waals surface area contributed by atoms with Crippen molar-refractivity contribution in [3.8, 4) is 0 Å². The second kappa shape index (κ2) is 10.2. The van der Waals surface area contributed by atoms with E-state index in [-0.39, 0.29) is 16.8 Å². The summed E-state index contributed by atoms with van der Waals surface area (Å²) in [7, 11) is 0.0674. The minimum Gasteiger partial charge on any atom is -0.353 e. The first-order chi connectivity index (χ1) is 13.6. The summed E-state index contributed by atoms with van der Waals surface area (Å²) in [6, 6.07) is 13.1. The predicted octanol–water partition coefficient (Wildman–Crippen LogP) is 2.99. The molecule has 0 fully saturated rings. The van der Waals surface area contributed by atoms with E-state index >= 15 is 0 Å². The van der Waals surface area contributed by atoms with Crippen molar-refractivity contribution in [2.24, 2.45) is 0 Å². The van der Waals surface area contributed by atoms with Crippen molar-refractivity contribution in [3.05, 3.63) is 64.7 Å². The average molecular weight is 438 g/mol. The lowest BCUT2D eigenvalue weighted by Crippen LogP contribution is -2.46. The van der Waals surface area contributed by atoms with E-state index in [2.05, 4.69) is 41.2 Å². The van der Waals surface area contributed by atoms with Crippen molar-refractivity contribution in [2.45, 2.75) is 37.2 Å². The smallest absolute Gasteiger partial charge is 0.241 e. The van der Waals surface area contributed by atoms with Crippen LogP contribution in [0, 0.1) is 0 Å². The summed E-state index contributed by atoms with van der Waals surface area (Å²) in [6.45, 7) is 3.99. The number of sulfonamides is 1. The van der Waals surface area contributed by atoms with Crippen molar-refractivity contribution >= 4 is 27.5 Å². The van der Waals surface area contributed by atoms with Crippen molar-refractivity contribution in [2.75, 3.05) is 20.6 Å². The Balaban J connectivity index is 2.00. The molecular weight excluding hydrogens is 410 g/mol. The van der Waals surface area contributed by atoms with Gasteiger partial charge in [0.15, 0.2) is 0 Å². The Morgan fingerprint density at radius 1 is 1.07 bits per heavy atom. The normalized spacial score (nSPS) is 13.9. The minimum absolute atomic E-state index is 0.0232. The molecule has 2 rings (SSSR count). The summed E-state index contributed by atoms with van der Waals surface area (Å²) in [6.07, 6.45) is 0.967. The van der Waals surface area contributed by atoms with Crippen LogP contribution in [0.2, 0.25) is 5.02 Å². The van der Waals surface area contributed by atoms with E-state index in [0.717, 1.165) is 12.0 Å². The van der Waals surface area contributed by atoms with Gasteiger partial charge in [-0.05, 0) is 62.8 Å². The molecule has 0 aliphatic carbocycles. The lowest BCUT2D eigenvalue weighted by Gasteiger charge is -2.26. The molecule has 1 amide bonds. The maximum absolute atomic E-state index is 12.5. The first-order valence-electron chi connectivity index (χ1n) is 9.45. The van der Waals surface area contributed by atoms with E-state index in [1.54, 1.807) is 0 Å². The van der Waals surface area contributed by atoms with Gasteiger partial charge in [-0.2, -0.15) is 4.72 Å². The van der Waals surface area contributed by atoms with Gasteiger partial charge in [-0.1, -0.05) is 42.8 Å². The fraction of sp³-hybridized carbons (Fsp3) is 0.381. The Morgan fingerprint density at radius 3 is 2.17 bits per heavy atom. The number of amides is 1. The summed E-state index contributed by atoms with van der Waals surface area (Å²) < 4.78 is 27.3. The number of aryl methyl sites for hydroxylation is 1. The van der Waals surface area contributed by atoms with E-state index in [9.17, 15) is 13.2 Å². The van der Waals surface area contributed by atoms with Crippen LogP contribution in [0.4, 0.5) is 0 Å². The van der Waals surface area contributed by atoms with E-state index < -0.39 is 16.1 Å². The number of likely N-dealkylation sites (N-methyl/N-ethyl adjacent to an activating group) is 1. The summed E-state index contributed by atoms with van der Waals surface area (Å²) in [5, 5.41) is 3.29.